The van der Waals surface area contributed by atoms with E-state index in [2.05, 4.69) is 5.10 Å². The predicted octanol–water partition coefficient (Wildman–Crippen LogP) is 5.25. The van der Waals surface area contributed by atoms with Gasteiger partial charge in [-0.05, 0) is 81.2 Å². The molecule has 3 aromatic rings. The Morgan fingerprint density at radius 2 is 1.88 bits per heavy atom. The highest BCUT2D eigenvalue weighted by molar-refractivity contribution is 7.81. The maximum atomic E-state index is 13.5. The Kier molecular flexibility index (Phi) is 4.95. The summed E-state index contributed by atoms with van der Waals surface area (Å²) in [5.41, 5.74) is -1.17. The molecule has 1 saturated carbocycles. The molecular formula is C24H20F3N5OS. The van der Waals surface area contributed by atoms with E-state index in [1.54, 1.807) is 31.0 Å². The Morgan fingerprint density at radius 3 is 2.53 bits per heavy atom. The molecule has 0 radical (unpaired) electrons. The minimum Gasteiger partial charge on any atom is -0.304 e. The minimum absolute atomic E-state index is 0.0322. The van der Waals surface area contributed by atoms with Crippen LogP contribution in [0, 0.1) is 17.2 Å². The van der Waals surface area contributed by atoms with E-state index >= 15 is 0 Å². The van der Waals surface area contributed by atoms with Gasteiger partial charge in [-0.1, -0.05) is 0 Å². The van der Waals surface area contributed by atoms with Crippen molar-refractivity contribution >= 4 is 45.5 Å². The maximum absolute atomic E-state index is 13.5. The number of aromatic nitrogens is 2. The van der Waals surface area contributed by atoms with E-state index in [9.17, 15) is 18.0 Å². The third-order valence-electron chi connectivity index (χ3n) is 6.37. The normalized spacial score (nSPS) is 18.1. The number of fused-ring (bicyclic) bond motifs is 1. The van der Waals surface area contributed by atoms with Gasteiger partial charge in [-0.15, -0.1) is 0 Å². The zero-order valence-corrected chi connectivity index (χ0v) is 19.2. The summed E-state index contributed by atoms with van der Waals surface area (Å²) in [6.07, 6.45) is -0.562. The van der Waals surface area contributed by atoms with Crippen molar-refractivity contribution in [3.63, 3.8) is 0 Å². The standard InChI is InChI=1S/C24H20F3N5OS/c1-23(2)21(33)31(17-6-5-15(11-28)19(10-17)24(25,26)27)22(34)32(23)18-7-8-20-16(9-18)12-29-30(20)13-14-3-4-14/h5-10,12,14H,3-4,13H2,1-2H3. The Labute approximate surface area is 199 Å². The number of halogens is 3. The highest BCUT2D eigenvalue weighted by Crippen LogP contribution is 2.40. The van der Waals surface area contributed by atoms with Crippen LogP contribution in [0.3, 0.4) is 0 Å². The molecule has 1 saturated heterocycles. The highest BCUT2D eigenvalue weighted by atomic mass is 32.1. The van der Waals surface area contributed by atoms with E-state index < -0.39 is 28.7 Å². The van der Waals surface area contributed by atoms with Crippen molar-refractivity contribution < 1.29 is 18.0 Å². The number of alkyl halides is 3. The second kappa shape index (κ2) is 7.53. The largest absolute Gasteiger partial charge is 0.417 e. The SMILES string of the molecule is CC1(C)C(=O)N(c2ccc(C#N)c(C(F)(F)F)c2)C(=S)N1c1ccc2c(cnn2CC2CC2)c1. The number of anilines is 2. The molecule has 10 heteroatoms. The quantitative estimate of drug-likeness (QED) is 0.474. The van der Waals surface area contributed by atoms with Gasteiger partial charge in [0.05, 0.1) is 34.6 Å². The van der Waals surface area contributed by atoms with Crippen LogP contribution in [0.1, 0.15) is 37.8 Å². The topological polar surface area (TPSA) is 65.2 Å². The van der Waals surface area contributed by atoms with Crippen LogP contribution < -0.4 is 9.80 Å². The first kappa shape index (κ1) is 22.3. The smallest absolute Gasteiger partial charge is 0.304 e. The van der Waals surface area contributed by atoms with E-state index in [0.717, 1.165) is 34.5 Å². The summed E-state index contributed by atoms with van der Waals surface area (Å²) in [6.45, 7) is 4.22. The average Bonchev–Trinajstić information content (AvgIpc) is 3.47. The first-order chi connectivity index (χ1) is 16.0. The van der Waals surface area contributed by atoms with Crippen LogP contribution in [-0.4, -0.2) is 26.3 Å². The second-order valence-corrected chi connectivity index (χ2v) is 9.54. The number of thiocarbonyl (C=S) groups is 1. The van der Waals surface area contributed by atoms with E-state index in [1.807, 2.05) is 22.9 Å². The second-order valence-electron chi connectivity index (χ2n) is 9.17. The third-order valence-corrected chi connectivity index (χ3v) is 6.73. The van der Waals surface area contributed by atoms with Gasteiger partial charge in [-0.2, -0.15) is 23.5 Å². The van der Waals surface area contributed by atoms with Gasteiger partial charge in [0.1, 0.15) is 5.54 Å². The summed E-state index contributed by atoms with van der Waals surface area (Å²) in [5, 5.41) is 14.5. The van der Waals surface area contributed by atoms with Crippen molar-refractivity contribution in [2.45, 2.75) is 44.9 Å². The molecule has 2 aromatic carbocycles. The van der Waals surface area contributed by atoms with Crippen LogP contribution in [0.5, 0.6) is 0 Å². The van der Waals surface area contributed by atoms with Crippen LogP contribution in [-0.2, 0) is 17.5 Å². The van der Waals surface area contributed by atoms with Crippen molar-refractivity contribution in [2.24, 2.45) is 5.92 Å². The van der Waals surface area contributed by atoms with E-state index in [1.165, 1.54) is 18.9 Å². The lowest BCUT2D eigenvalue weighted by atomic mass is 10.0. The molecule has 2 fully saturated rings. The van der Waals surface area contributed by atoms with Crippen LogP contribution >= 0.6 is 12.2 Å². The summed E-state index contributed by atoms with van der Waals surface area (Å²) in [6, 6.07) is 10.4. The lowest BCUT2D eigenvalue weighted by molar-refractivity contribution is -0.137. The summed E-state index contributed by atoms with van der Waals surface area (Å²) in [7, 11) is 0. The van der Waals surface area contributed by atoms with E-state index in [4.69, 9.17) is 17.5 Å². The molecule has 6 nitrogen and oxygen atoms in total. The molecular weight excluding hydrogens is 463 g/mol. The molecule has 34 heavy (non-hydrogen) atoms. The number of carbonyl (C=O) groups is 1. The van der Waals surface area contributed by atoms with Crippen LogP contribution in [0.25, 0.3) is 10.9 Å². The van der Waals surface area contributed by atoms with Crippen LogP contribution in [0.2, 0.25) is 0 Å². The van der Waals surface area contributed by atoms with Crippen LogP contribution in [0.4, 0.5) is 24.5 Å². The summed E-state index contributed by atoms with van der Waals surface area (Å²) >= 11 is 5.61. The summed E-state index contributed by atoms with van der Waals surface area (Å²) in [4.78, 5) is 16.1. The number of nitrogens with zero attached hydrogens (tertiary/aromatic N) is 5. The van der Waals surface area contributed by atoms with Crippen LogP contribution in [0.15, 0.2) is 42.6 Å². The van der Waals surface area contributed by atoms with Gasteiger partial charge >= 0.3 is 6.18 Å². The van der Waals surface area contributed by atoms with Gasteiger partial charge < -0.3 is 4.90 Å². The zero-order chi connectivity index (χ0) is 24.4. The van der Waals surface area contributed by atoms with Gasteiger partial charge in [0.15, 0.2) is 5.11 Å². The highest BCUT2D eigenvalue weighted by Gasteiger charge is 2.50. The van der Waals surface area contributed by atoms with Crippen molar-refractivity contribution in [1.29, 1.82) is 5.26 Å². The van der Waals surface area contributed by atoms with Gasteiger partial charge in [0, 0.05) is 17.6 Å². The summed E-state index contributed by atoms with van der Waals surface area (Å²) < 4.78 is 42.5. The van der Waals surface area contributed by atoms with Crippen molar-refractivity contribution in [3.05, 3.63) is 53.7 Å². The number of carbonyl (C=O) groups excluding carboxylic acids is 1. The maximum Gasteiger partial charge on any atom is 0.417 e. The summed E-state index contributed by atoms with van der Waals surface area (Å²) in [5.74, 6) is 0.202. The Morgan fingerprint density at radius 1 is 1.18 bits per heavy atom. The number of benzene rings is 2. The lowest BCUT2D eigenvalue weighted by Gasteiger charge is -2.29. The Balaban J connectivity index is 1.54. The van der Waals surface area contributed by atoms with E-state index in [-0.39, 0.29) is 10.8 Å². The number of amides is 1. The number of hydrogen-bond donors (Lipinski definition) is 0. The van der Waals surface area contributed by atoms with Crippen molar-refractivity contribution in [3.8, 4) is 6.07 Å². The fourth-order valence-electron chi connectivity index (χ4n) is 4.36. The molecule has 0 bridgehead atoms. The first-order valence-corrected chi connectivity index (χ1v) is 11.2. The third kappa shape index (κ3) is 3.51. The first-order valence-electron chi connectivity index (χ1n) is 10.8. The molecule has 1 aromatic heterocycles. The molecule has 1 amide bonds. The zero-order valence-electron chi connectivity index (χ0n) is 18.4. The van der Waals surface area contributed by atoms with Gasteiger partial charge in [-0.3, -0.25) is 14.4 Å². The molecule has 174 valence electrons. The molecule has 1 aliphatic carbocycles. The fraction of sp³-hybridized carbons (Fsp3) is 0.333. The number of nitriles is 1. The average molecular weight is 484 g/mol. The van der Waals surface area contributed by atoms with Gasteiger partial charge in [-0.25, -0.2) is 0 Å². The Bertz CT molecular complexity index is 1380. The molecule has 5 rings (SSSR count). The molecule has 1 aliphatic heterocycles. The Hall–Kier alpha value is -3.45. The lowest BCUT2D eigenvalue weighted by Crippen LogP contribution is -2.44. The minimum atomic E-state index is -4.74. The molecule has 0 unspecified atom stereocenters. The molecule has 0 spiro atoms. The molecule has 2 heterocycles. The van der Waals surface area contributed by atoms with E-state index in [0.29, 0.717) is 11.6 Å². The number of rotatable bonds is 4. The molecule has 0 atom stereocenters. The fourth-order valence-corrected chi connectivity index (χ4v) is 4.89. The predicted molar refractivity (Wildman–Crippen MR) is 125 cm³/mol. The van der Waals surface area contributed by atoms with Gasteiger partial charge in [0.2, 0.25) is 0 Å². The molecule has 2 aliphatic rings. The van der Waals surface area contributed by atoms with Crippen molar-refractivity contribution in [2.75, 3.05) is 9.80 Å². The van der Waals surface area contributed by atoms with Gasteiger partial charge in [0.25, 0.3) is 5.91 Å². The molecule has 0 N–H and O–H groups in total. The number of hydrogen-bond acceptors (Lipinski definition) is 4. The van der Waals surface area contributed by atoms with Crippen molar-refractivity contribution in [1.82, 2.24) is 9.78 Å². The monoisotopic (exact) mass is 483 g/mol.